The molecule has 2 rings (SSSR count). The zero-order valence-electron chi connectivity index (χ0n) is 13.5. The maximum Gasteiger partial charge on any atom is 0.314 e. The Labute approximate surface area is 138 Å². The Hall–Kier alpha value is -3.22. The van der Waals surface area contributed by atoms with Gasteiger partial charge in [0, 0.05) is 23.5 Å². The molecular weight excluding hydrogens is 310 g/mol. The SMILES string of the molecule is Cc1cc([N+](=O)[O-])ccc1NC(=O)C(=O)Nc1cccc(C)c1C. The molecule has 0 atom stereocenters. The second kappa shape index (κ2) is 6.91. The molecule has 0 aromatic heterocycles. The molecule has 0 aliphatic carbocycles. The number of nitro benzene ring substituents is 1. The van der Waals surface area contributed by atoms with E-state index in [1.807, 2.05) is 19.9 Å². The number of non-ortho nitro benzene ring substituents is 1. The number of aryl methyl sites for hydroxylation is 2. The molecule has 7 nitrogen and oxygen atoms in total. The predicted molar refractivity (Wildman–Crippen MR) is 91.0 cm³/mol. The average molecular weight is 327 g/mol. The van der Waals surface area contributed by atoms with E-state index >= 15 is 0 Å². The molecule has 0 saturated heterocycles. The monoisotopic (exact) mass is 327 g/mol. The van der Waals surface area contributed by atoms with Crippen molar-refractivity contribution in [2.75, 3.05) is 10.6 Å². The van der Waals surface area contributed by atoms with Gasteiger partial charge < -0.3 is 10.6 Å². The number of carbonyl (C=O) groups is 2. The summed E-state index contributed by atoms with van der Waals surface area (Å²) in [5.41, 5.74) is 3.21. The van der Waals surface area contributed by atoms with Crippen LogP contribution in [0.2, 0.25) is 0 Å². The molecule has 0 unspecified atom stereocenters. The van der Waals surface area contributed by atoms with Crippen LogP contribution in [0.1, 0.15) is 16.7 Å². The molecule has 0 radical (unpaired) electrons. The van der Waals surface area contributed by atoms with Crippen molar-refractivity contribution in [1.29, 1.82) is 0 Å². The molecule has 124 valence electrons. The molecular formula is C17H17N3O4. The van der Waals surface area contributed by atoms with Gasteiger partial charge in [0.2, 0.25) is 0 Å². The van der Waals surface area contributed by atoms with E-state index in [0.717, 1.165) is 11.1 Å². The minimum absolute atomic E-state index is 0.0784. The van der Waals surface area contributed by atoms with Gasteiger partial charge in [-0.1, -0.05) is 12.1 Å². The molecule has 0 aliphatic heterocycles. The summed E-state index contributed by atoms with van der Waals surface area (Å²) in [5, 5.41) is 15.7. The highest BCUT2D eigenvalue weighted by molar-refractivity contribution is 6.43. The van der Waals surface area contributed by atoms with Crippen molar-refractivity contribution in [3.05, 3.63) is 63.2 Å². The maximum absolute atomic E-state index is 12.0. The Morgan fingerprint density at radius 1 is 0.917 bits per heavy atom. The topological polar surface area (TPSA) is 101 Å². The lowest BCUT2D eigenvalue weighted by Crippen LogP contribution is -2.29. The van der Waals surface area contributed by atoms with Gasteiger partial charge in [-0.2, -0.15) is 0 Å². The van der Waals surface area contributed by atoms with Crippen molar-refractivity contribution in [3.63, 3.8) is 0 Å². The van der Waals surface area contributed by atoms with Crippen LogP contribution in [0.5, 0.6) is 0 Å². The summed E-state index contributed by atoms with van der Waals surface area (Å²) in [5.74, 6) is -1.64. The average Bonchev–Trinajstić information content (AvgIpc) is 2.53. The van der Waals surface area contributed by atoms with Crippen LogP contribution in [0.15, 0.2) is 36.4 Å². The van der Waals surface area contributed by atoms with E-state index in [0.29, 0.717) is 16.9 Å². The first kappa shape index (κ1) is 17.1. The van der Waals surface area contributed by atoms with E-state index in [1.54, 1.807) is 19.1 Å². The van der Waals surface area contributed by atoms with E-state index in [-0.39, 0.29) is 5.69 Å². The molecule has 2 aromatic rings. The van der Waals surface area contributed by atoms with E-state index in [4.69, 9.17) is 0 Å². The minimum Gasteiger partial charge on any atom is -0.318 e. The molecule has 0 heterocycles. The Kier molecular flexibility index (Phi) is 4.93. The maximum atomic E-state index is 12.0. The van der Waals surface area contributed by atoms with Crippen LogP contribution in [0.3, 0.4) is 0 Å². The van der Waals surface area contributed by atoms with Crippen LogP contribution in [0.4, 0.5) is 17.1 Å². The number of nitrogens with one attached hydrogen (secondary N) is 2. The highest BCUT2D eigenvalue weighted by Crippen LogP contribution is 2.21. The van der Waals surface area contributed by atoms with Gasteiger partial charge in [0.05, 0.1) is 4.92 Å². The molecule has 0 bridgehead atoms. The standard InChI is InChI=1S/C17H17N3O4/c1-10-5-4-6-15(12(10)3)19-17(22)16(21)18-14-8-7-13(20(23)24)9-11(14)2/h4-9H,1-3H3,(H,18,21)(H,19,22). The fraction of sp³-hybridized carbons (Fsp3) is 0.176. The van der Waals surface area contributed by atoms with E-state index < -0.39 is 16.7 Å². The van der Waals surface area contributed by atoms with Gasteiger partial charge in [-0.15, -0.1) is 0 Å². The number of anilines is 2. The zero-order valence-corrected chi connectivity index (χ0v) is 13.5. The van der Waals surface area contributed by atoms with Gasteiger partial charge in [-0.3, -0.25) is 19.7 Å². The largest absolute Gasteiger partial charge is 0.318 e. The Bertz CT molecular complexity index is 831. The van der Waals surface area contributed by atoms with Crippen LogP contribution in [0, 0.1) is 30.9 Å². The fourth-order valence-corrected chi connectivity index (χ4v) is 2.15. The molecule has 7 heteroatoms. The van der Waals surface area contributed by atoms with Gasteiger partial charge in [0.15, 0.2) is 0 Å². The lowest BCUT2D eigenvalue weighted by molar-refractivity contribution is -0.384. The van der Waals surface area contributed by atoms with Crippen molar-refractivity contribution < 1.29 is 14.5 Å². The zero-order chi connectivity index (χ0) is 17.9. The van der Waals surface area contributed by atoms with Crippen LogP contribution in [0.25, 0.3) is 0 Å². The van der Waals surface area contributed by atoms with Crippen LogP contribution in [-0.2, 0) is 9.59 Å². The van der Waals surface area contributed by atoms with Crippen molar-refractivity contribution in [2.45, 2.75) is 20.8 Å². The summed E-state index contributed by atoms with van der Waals surface area (Å²) in [6.07, 6.45) is 0. The van der Waals surface area contributed by atoms with Crippen LogP contribution in [-0.4, -0.2) is 16.7 Å². The van der Waals surface area contributed by atoms with Gasteiger partial charge in [0.25, 0.3) is 5.69 Å². The summed E-state index contributed by atoms with van der Waals surface area (Å²) in [4.78, 5) is 34.3. The first-order chi connectivity index (χ1) is 11.3. The summed E-state index contributed by atoms with van der Waals surface area (Å²) < 4.78 is 0. The number of nitro groups is 1. The number of hydrogen-bond acceptors (Lipinski definition) is 4. The van der Waals surface area contributed by atoms with Crippen LogP contribution >= 0.6 is 0 Å². The summed E-state index contributed by atoms with van der Waals surface area (Å²) >= 11 is 0. The normalized spacial score (nSPS) is 10.1. The number of amides is 2. The van der Waals surface area contributed by atoms with Gasteiger partial charge in [-0.25, -0.2) is 0 Å². The quantitative estimate of drug-likeness (QED) is 0.514. The van der Waals surface area contributed by atoms with Gasteiger partial charge in [0.1, 0.15) is 0 Å². The number of nitrogens with zero attached hydrogens (tertiary/aromatic N) is 1. The highest BCUT2D eigenvalue weighted by Gasteiger charge is 2.17. The summed E-state index contributed by atoms with van der Waals surface area (Å²) in [6, 6.07) is 9.41. The van der Waals surface area contributed by atoms with E-state index in [9.17, 15) is 19.7 Å². The molecule has 0 aliphatic rings. The minimum atomic E-state index is -0.840. The predicted octanol–water partition coefficient (Wildman–Crippen LogP) is 3.10. The van der Waals surface area contributed by atoms with Crippen LogP contribution < -0.4 is 10.6 Å². The molecule has 24 heavy (non-hydrogen) atoms. The highest BCUT2D eigenvalue weighted by atomic mass is 16.6. The number of hydrogen-bond donors (Lipinski definition) is 2. The molecule has 2 N–H and O–H groups in total. The van der Waals surface area contributed by atoms with Gasteiger partial charge in [-0.05, 0) is 49.6 Å². The molecule has 0 fully saturated rings. The number of benzene rings is 2. The Balaban J connectivity index is 2.11. The first-order valence-corrected chi connectivity index (χ1v) is 7.23. The second-order valence-corrected chi connectivity index (χ2v) is 5.41. The lowest BCUT2D eigenvalue weighted by atomic mass is 10.1. The number of rotatable bonds is 3. The first-order valence-electron chi connectivity index (χ1n) is 7.23. The third kappa shape index (κ3) is 3.75. The molecule has 2 amide bonds. The third-order valence-corrected chi connectivity index (χ3v) is 3.73. The lowest BCUT2D eigenvalue weighted by Gasteiger charge is -2.11. The Morgan fingerprint density at radius 3 is 2.12 bits per heavy atom. The summed E-state index contributed by atoms with van der Waals surface area (Å²) in [6.45, 7) is 5.37. The smallest absolute Gasteiger partial charge is 0.314 e. The molecule has 2 aromatic carbocycles. The molecule has 0 saturated carbocycles. The van der Waals surface area contributed by atoms with E-state index in [2.05, 4.69) is 10.6 Å². The van der Waals surface area contributed by atoms with Crippen molar-refractivity contribution in [3.8, 4) is 0 Å². The second-order valence-electron chi connectivity index (χ2n) is 5.41. The third-order valence-electron chi connectivity index (χ3n) is 3.73. The fourth-order valence-electron chi connectivity index (χ4n) is 2.15. The van der Waals surface area contributed by atoms with Crippen molar-refractivity contribution >= 4 is 28.9 Å². The Morgan fingerprint density at radius 2 is 1.54 bits per heavy atom. The van der Waals surface area contributed by atoms with Crippen molar-refractivity contribution in [2.24, 2.45) is 0 Å². The van der Waals surface area contributed by atoms with Gasteiger partial charge >= 0.3 is 11.8 Å². The van der Waals surface area contributed by atoms with Crippen molar-refractivity contribution in [1.82, 2.24) is 0 Å². The summed E-state index contributed by atoms with van der Waals surface area (Å²) in [7, 11) is 0. The molecule has 0 spiro atoms. The van der Waals surface area contributed by atoms with E-state index in [1.165, 1.54) is 18.2 Å². The number of carbonyl (C=O) groups excluding carboxylic acids is 2.